The molecule has 0 aromatic carbocycles. The van der Waals surface area contributed by atoms with Gasteiger partial charge in [0.15, 0.2) is 0 Å². The highest BCUT2D eigenvalue weighted by Gasteiger charge is 2.26. The predicted octanol–water partition coefficient (Wildman–Crippen LogP) is 3.79. The quantitative estimate of drug-likeness (QED) is 0.547. The first-order valence-electron chi connectivity index (χ1n) is 6.78. The molecule has 2 aliphatic rings. The summed E-state index contributed by atoms with van der Waals surface area (Å²) < 4.78 is 0.735. The van der Waals surface area contributed by atoms with Crippen LogP contribution in [0.4, 0.5) is 0 Å². The minimum absolute atomic E-state index is 0.668. The summed E-state index contributed by atoms with van der Waals surface area (Å²) in [5, 5.41) is 0. The van der Waals surface area contributed by atoms with Crippen molar-refractivity contribution in [3.8, 4) is 0 Å². The number of hydrogen-bond acceptors (Lipinski definition) is 2. The second kappa shape index (κ2) is 6.15. The molecule has 0 N–H and O–H groups in total. The van der Waals surface area contributed by atoms with Crippen LogP contribution in [0, 0.1) is 0 Å². The van der Waals surface area contributed by atoms with E-state index in [-0.39, 0.29) is 0 Å². The fourth-order valence-electron chi connectivity index (χ4n) is 3.31. The van der Waals surface area contributed by atoms with E-state index in [1.165, 1.54) is 64.2 Å². The Morgan fingerprint density at radius 1 is 0.812 bits per heavy atom. The summed E-state index contributed by atoms with van der Waals surface area (Å²) >= 11 is 10.6. The predicted molar refractivity (Wildman–Crippen MR) is 75.5 cm³/mol. The first kappa shape index (κ1) is 12.6. The Morgan fingerprint density at radius 3 is 1.50 bits per heavy atom. The fourth-order valence-corrected chi connectivity index (χ4v) is 3.91. The molecule has 0 heterocycles. The van der Waals surface area contributed by atoms with Crippen molar-refractivity contribution in [1.82, 2.24) is 4.90 Å². The summed E-state index contributed by atoms with van der Waals surface area (Å²) in [6.45, 7) is 0. The van der Waals surface area contributed by atoms with E-state index in [0.29, 0.717) is 12.1 Å². The van der Waals surface area contributed by atoms with Gasteiger partial charge in [-0.3, -0.25) is 0 Å². The summed E-state index contributed by atoms with van der Waals surface area (Å²) in [6, 6.07) is 1.34. The van der Waals surface area contributed by atoms with E-state index in [0.717, 1.165) is 4.32 Å². The number of thiocarbonyl (C=S) groups is 1. The largest absolute Gasteiger partial charge is 0.411 e. The van der Waals surface area contributed by atoms with Gasteiger partial charge in [0.1, 0.15) is 0 Å². The average Bonchev–Trinajstić information content (AvgIpc) is 2.31. The molecule has 92 valence electrons. The van der Waals surface area contributed by atoms with Gasteiger partial charge >= 0.3 is 0 Å². The third kappa shape index (κ3) is 3.07. The molecule has 0 aromatic rings. The van der Waals surface area contributed by atoms with Gasteiger partial charge in [0.2, 0.25) is 0 Å². The van der Waals surface area contributed by atoms with Crippen LogP contribution in [0.1, 0.15) is 64.2 Å². The van der Waals surface area contributed by atoms with Crippen molar-refractivity contribution >= 4 is 29.2 Å². The minimum atomic E-state index is 0.668. The van der Waals surface area contributed by atoms with Gasteiger partial charge < -0.3 is 29.7 Å². The molecule has 0 amide bonds. The van der Waals surface area contributed by atoms with Gasteiger partial charge in [0.05, 0.1) is 0 Å². The average molecular weight is 256 g/mol. The van der Waals surface area contributed by atoms with Gasteiger partial charge in [-0.15, -0.1) is 0 Å². The van der Waals surface area contributed by atoms with Crippen LogP contribution in [0.3, 0.4) is 0 Å². The Hall–Kier alpha value is 0.110. The van der Waals surface area contributed by atoms with E-state index in [1.807, 2.05) is 0 Å². The lowest BCUT2D eigenvalue weighted by Gasteiger charge is -2.45. The summed E-state index contributed by atoms with van der Waals surface area (Å²) in [5.74, 6) is 0. The zero-order valence-electron chi connectivity index (χ0n) is 9.99. The van der Waals surface area contributed by atoms with Crippen molar-refractivity contribution in [2.24, 2.45) is 0 Å². The normalized spacial score (nSPS) is 24.2. The van der Waals surface area contributed by atoms with Crippen LogP contribution < -0.4 is 0 Å². The highest BCUT2D eigenvalue weighted by Crippen LogP contribution is 2.30. The molecule has 16 heavy (non-hydrogen) atoms. The fraction of sp³-hybridized carbons (Fsp3) is 0.923. The molecule has 2 saturated carbocycles. The number of nitrogens with zero attached hydrogens (tertiary/aromatic N) is 1. The number of rotatable bonds is 2. The third-order valence-corrected chi connectivity index (χ3v) is 4.57. The van der Waals surface area contributed by atoms with Gasteiger partial charge in [-0.25, -0.2) is 0 Å². The Labute approximate surface area is 110 Å². The Bertz CT molecular complexity index is 212. The maximum Gasteiger partial charge on any atom is 0.0277 e. The molecule has 2 fully saturated rings. The zero-order chi connectivity index (χ0) is 11.4. The molecule has 0 radical (unpaired) electrons. The Morgan fingerprint density at radius 2 is 1.19 bits per heavy atom. The maximum atomic E-state index is 5.32. The van der Waals surface area contributed by atoms with Crippen LogP contribution in [-0.2, 0) is 12.6 Å². The molecule has 0 aromatic heterocycles. The van der Waals surface area contributed by atoms with Crippen molar-refractivity contribution in [2.45, 2.75) is 76.3 Å². The summed E-state index contributed by atoms with van der Waals surface area (Å²) in [4.78, 5) is 2.43. The van der Waals surface area contributed by atoms with E-state index in [1.54, 1.807) is 0 Å². The number of hydrogen-bond donors (Lipinski definition) is 0. The summed E-state index contributed by atoms with van der Waals surface area (Å²) in [5.41, 5.74) is 0. The molecule has 0 atom stereocenters. The van der Waals surface area contributed by atoms with Gasteiger partial charge in [0.25, 0.3) is 0 Å². The van der Waals surface area contributed by atoms with Gasteiger partial charge in [-0.1, -0.05) is 42.8 Å². The molecule has 3 heteroatoms. The van der Waals surface area contributed by atoms with Crippen LogP contribution in [-0.4, -0.2) is 21.3 Å². The Kier molecular flexibility index (Phi) is 4.83. The first-order valence-corrected chi connectivity index (χ1v) is 7.60. The van der Waals surface area contributed by atoms with E-state index in [2.05, 4.69) is 4.90 Å². The van der Waals surface area contributed by atoms with Gasteiger partial charge in [-0.05, 0) is 25.7 Å². The van der Waals surface area contributed by atoms with Crippen molar-refractivity contribution < 1.29 is 0 Å². The van der Waals surface area contributed by atoms with Crippen LogP contribution in [0.5, 0.6) is 0 Å². The highest BCUT2D eigenvalue weighted by atomic mass is 32.1. The summed E-state index contributed by atoms with van der Waals surface area (Å²) in [6.07, 6.45) is 13.5. The molecular formula is C13H22NS2-. The van der Waals surface area contributed by atoms with Crippen LogP contribution in [0.25, 0.3) is 0 Å². The second-order valence-corrected chi connectivity index (χ2v) is 6.29. The van der Waals surface area contributed by atoms with E-state index in [9.17, 15) is 0 Å². The molecule has 0 bridgehead atoms. The minimum Gasteiger partial charge on any atom is -0.411 e. The third-order valence-electron chi connectivity index (χ3n) is 4.15. The van der Waals surface area contributed by atoms with Crippen molar-refractivity contribution in [3.63, 3.8) is 0 Å². The second-order valence-electron chi connectivity index (χ2n) is 5.26. The molecule has 0 spiro atoms. The van der Waals surface area contributed by atoms with Crippen LogP contribution >= 0.6 is 12.2 Å². The molecule has 0 aliphatic heterocycles. The van der Waals surface area contributed by atoms with Gasteiger partial charge in [0, 0.05) is 12.1 Å². The van der Waals surface area contributed by atoms with Crippen LogP contribution in [0.15, 0.2) is 0 Å². The van der Waals surface area contributed by atoms with Gasteiger partial charge in [-0.2, -0.15) is 0 Å². The topological polar surface area (TPSA) is 3.24 Å². The highest BCUT2D eigenvalue weighted by molar-refractivity contribution is 8.00. The van der Waals surface area contributed by atoms with E-state index >= 15 is 0 Å². The van der Waals surface area contributed by atoms with Crippen molar-refractivity contribution in [3.05, 3.63) is 0 Å². The first-order chi connectivity index (χ1) is 7.79. The molecule has 2 rings (SSSR count). The Balaban J connectivity index is 1.99. The molecule has 1 nitrogen and oxygen atoms in total. The van der Waals surface area contributed by atoms with E-state index < -0.39 is 0 Å². The zero-order valence-corrected chi connectivity index (χ0v) is 11.6. The smallest absolute Gasteiger partial charge is 0.0277 e. The maximum absolute atomic E-state index is 5.32. The summed E-state index contributed by atoms with van der Waals surface area (Å²) in [7, 11) is 0. The van der Waals surface area contributed by atoms with Crippen molar-refractivity contribution in [2.75, 3.05) is 0 Å². The molecular weight excluding hydrogens is 234 g/mol. The molecule has 0 saturated heterocycles. The lowest BCUT2D eigenvalue weighted by Crippen LogP contribution is -2.47. The monoisotopic (exact) mass is 256 g/mol. The standard InChI is InChI=1S/C13H23NS2/c15-13(16)14(11-7-3-1-4-8-11)12-9-5-2-6-10-12/h11-12H,1-10H2,(H,15,16)/p-1. The lowest BCUT2D eigenvalue weighted by atomic mass is 9.89. The van der Waals surface area contributed by atoms with E-state index in [4.69, 9.17) is 24.8 Å². The SMILES string of the molecule is S=C([S-])N(C1CCCCC1)C1CCCCC1. The molecule has 0 unspecified atom stereocenters. The van der Waals surface area contributed by atoms with Crippen LogP contribution in [0.2, 0.25) is 0 Å². The molecule has 2 aliphatic carbocycles. The lowest BCUT2D eigenvalue weighted by molar-refractivity contribution is 0.164. The van der Waals surface area contributed by atoms with Crippen molar-refractivity contribution in [1.29, 1.82) is 0 Å².